The van der Waals surface area contributed by atoms with E-state index in [4.69, 9.17) is 4.74 Å². The number of Topliss-reactive ketones (excluding diaryl/α,β-unsaturated/α-hetero) is 1. The first kappa shape index (κ1) is 26.3. The molecule has 1 saturated carbocycles. The molecule has 0 spiro atoms. The summed E-state index contributed by atoms with van der Waals surface area (Å²) in [6.07, 6.45) is -1.74. The zero-order chi connectivity index (χ0) is 26.4. The van der Waals surface area contributed by atoms with Crippen molar-refractivity contribution in [3.63, 3.8) is 0 Å². The van der Waals surface area contributed by atoms with Gasteiger partial charge in [0.15, 0.2) is 11.5 Å². The number of alkyl halides is 3. The molecule has 2 aromatic carbocycles. The predicted molar refractivity (Wildman–Crippen MR) is 132 cm³/mol. The average Bonchev–Trinajstić information content (AvgIpc) is 2.92. The number of amides is 1. The maximum absolute atomic E-state index is 13.3. The standard InChI is InChI=1S/C28H28F3N3O3/c1-37-21-6-4-5-18(17-21)15-16-32-27(36)25-14-13-24(33-34-25)19-9-11-20(12-10-19)26(35)22-7-2-3-8-23(22)28(29,30)31/h2-8,13-14,17,19-20H,9-12,15-16H2,1H3,(H,32,36). The van der Waals surface area contributed by atoms with Crippen LogP contribution in [0.2, 0.25) is 0 Å². The number of hydrogen-bond donors (Lipinski definition) is 1. The molecule has 1 heterocycles. The summed E-state index contributed by atoms with van der Waals surface area (Å²) in [5, 5.41) is 11.1. The molecule has 0 radical (unpaired) electrons. The van der Waals surface area contributed by atoms with Gasteiger partial charge in [-0.15, -0.1) is 5.10 Å². The highest BCUT2D eigenvalue weighted by molar-refractivity contribution is 5.99. The Kier molecular flexibility index (Phi) is 8.21. The van der Waals surface area contributed by atoms with Crippen LogP contribution in [-0.2, 0) is 12.6 Å². The topological polar surface area (TPSA) is 81.2 Å². The minimum atomic E-state index is -4.57. The van der Waals surface area contributed by atoms with Crippen molar-refractivity contribution in [3.05, 3.63) is 88.7 Å². The fraction of sp³-hybridized carbons (Fsp3) is 0.357. The monoisotopic (exact) mass is 511 g/mol. The first-order chi connectivity index (χ1) is 17.8. The van der Waals surface area contributed by atoms with E-state index in [1.807, 2.05) is 24.3 Å². The van der Waals surface area contributed by atoms with Crippen LogP contribution in [0.25, 0.3) is 0 Å². The van der Waals surface area contributed by atoms with Gasteiger partial charge in [-0.3, -0.25) is 9.59 Å². The van der Waals surface area contributed by atoms with E-state index < -0.39 is 23.4 Å². The highest BCUT2D eigenvalue weighted by Crippen LogP contribution is 2.38. The number of hydrogen-bond acceptors (Lipinski definition) is 5. The minimum absolute atomic E-state index is 0.0413. The predicted octanol–water partition coefficient (Wildman–Crippen LogP) is 5.63. The van der Waals surface area contributed by atoms with E-state index in [0.29, 0.717) is 38.6 Å². The van der Waals surface area contributed by atoms with Crippen molar-refractivity contribution in [2.24, 2.45) is 5.92 Å². The molecule has 194 valence electrons. The second-order valence-corrected chi connectivity index (χ2v) is 9.16. The fourth-order valence-electron chi connectivity index (χ4n) is 4.74. The Morgan fingerprint density at radius 2 is 1.73 bits per heavy atom. The van der Waals surface area contributed by atoms with Gasteiger partial charge in [-0.2, -0.15) is 18.3 Å². The van der Waals surface area contributed by atoms with Gasteiger partial charge in [-0.05, 0) is 68.0 Å². The van der Waals surface area contributed by atoms with Gasteiger partial charge in [0.1, 0.15) is 5.75 Å². The number of nitrogens with zero attached hydrogens (tertiary/aromatic N) is 2. The van der Waals surface area contributed by atoms with E-state index >= 15 is 0 Å². The van der Waals surface area contributed by atoms with Gasteiger partial charge in [-0.25, -0.2) is 0 Å². The van der Waals surface area contributed by atoms with Crippen molar-refractivity contribution in [2.45, 2.75) is 44.2 Å². The summed E-state index contributed by atoms with van der Waals surface area (Å²) in [7, 11) is 1.60. The van der Waals surface area contributed by atoms with E-state index in [1.165, 1.54) is 18.2 Å². The van der Waals surface area contributed by atoms with Crippen molar-refractivity contribution in [1.29, 1.82) is 0 Å². The van der Waals surface area contributed by atoms with Crippen molar-refractivity contribution in [3.8, 4) is 5.75 Å². The van der Waals surface area contributed by atoms with Crippen molar-refractivity contribution < 1.29 is 27.5 Å². The Labute approximate surface area is 213 Å². The number of carbonyl (C=O) groups is 2. The number of benzene rings is 2. The first-order valence-electron chi connectivity index (χ1n) is 12.2. The SMILES string of the molecule is COc1cccc(CCNC(=O)c2ccc(C3CCC(C(=O)c4ccccc4C(F)(F)F)CC3)nn2)c1. The highest BCUT2D eigenvalue weighted by Gasteiger charge is 2.37. The molecule has 1 aliphatic carbocycles. The number of ether oxygens (including phenoxy) is 1. The van der Waals surface area contributed by atoms with Crippen LogP contribution in [-0.4, -0.2) is 35.5 Å². The number of halogens is 3. The summed E-state index contributed by atoms with van der Waals surface area (Å²) >= 11 is 0. The molecule has 37 heavy (non-hydrogen) atoms. The second kappa shape index (κ2) is 11.5. The third-order valence-electron chi connectivity index (χ3n) is 6.77. The smallest absolute Gasteiger partial charge is 0.417 e. The lowest BCUT2D eigenvalue weighted by molar-refractivity contribution is -0.138. The van der Waals surface area contributed by atoms with Gasteiger partial charge >= 0.3 is 6.18 Å². The van der Waals surface area contributed by atoms with E-state index in [9.17, 15) is 22.8 Å². The van der Waals surface area contributed by atoms with E-state index in [0.717, 1.165) is 23.1 Å². The molecule has 0 atom stereocenters. The zero-order valence-corrected chi connectivity index (χ0v) is 20.4. The van der Waals surface area contributed by atoms with Crippen molar-refractivity contribution in [2.75, 3.05) is 13.7 Å². The van der Waals surface area contributed by atoms with Gasteiger partial charge in [0.05, 0.1) is 18.4 Å². The van der Waals surface area contributed by atoms with Gasteiger partial charge in [0.2, 0.25) is 0 Å². The van der Waals surface area contributed by atoms with Crippen LogP contribution in [0.4, 0.5) is 13.2 Å². The third kappa shape index (κ3) is 6.53. The largest absolute Gasteiger partial charge is 0.497 e. The molecule has 1 amide bonds. The fourth-order valence-corrected chi connectivity index (χ4v) is 4.74. The maximum atomic E-state index is 13.3. The molecule has 4 rings (SSSR count). The summed E-state index contributed by atoms with van der Waals surface area (Å²) in [6.45, 7) is 0.435. The molecule has 3 aromatic rings. The van der Waals surface area contributed by atoms with Crippen molar-refractivity contribution in [1.82, 2.24) is 15.5 Å². The van der Waals surface area contributed by atoms with Gasteiger partial charge < -0.3 is 10.1 Å². The molecule has 1 N–H and O–H groups in total. The Bertz CT molecular complexity index is 1240. The summed E-state index contributed by atoms with van der Waals surface area (Å²) in [6, 6.07) is 16.0. The molecule has 1 aliphatic rings. The number of ketones is 1. The number of nitrogens with one attached hydrogen (secondary N) is 1. The van der Waals surface area contributed by atoms with Gasteiger partial charge in [0, 0.05) is 23.9 Å². The Balaban J connectivity index is 1.29. The summed E-state index contributed by atoms with van der Waals surface area (Å²) < 4.78 is 45.2. The Morgan fingerprint density at radius 1 is 0.973 bits per heavy atom. The molecule has 0 saturated heterocycles. The molecular weight excluding hydrogens is 483 g/mol. The molecule has 0 bridgehead atoms. The number of methoxy groups -OCH3 is 1. The minimum Gasteiger partial charge on any atom is -0.497 e. The molecule has 9 heteroatoms. The first-order valence-corrected chi connectivity index (χ1v) is 12.2. The summed E-state index contributed by atoms with van der Waals surface area (Å²) in [4.78, 5) is 25.3. The van der Waals surface area contributed by atoms with Crippen LogP contribution in [0, 0.1) is 5.92 Å². The van der Waals surface area contributed by atoms with E-state index in [2.05, 4.69) is 15.5 Å². The molecule has 0 unspecified atom stereocenters. The van der Waals surface area contributed by atoms with Gasteiger partial charge in [0.25, 0.3) is 5.91 Å². The molecule has 0 aliphatic heterocycles. The molecule has 6 nitrogen and oxygen atoms in total. The quantitative estimate of drug-likeness (QED) is 0.396. The van der Waals surface area contributed by atoms with Crippen LogP contribution in [0.3, 0.4) is 0 Å². The number of aromatic nitrogens is 2. The Morgan fingerprint density at radius 3 is 2.41 bits per heavy atom. The van der Waals surface area contributed by atoms with Crippen molar-refractivity contribution >= 4 is 11.7 Å². The summed E-state index contributed by atoms with van der Waals surface area (Å²) in [5.74, 6) is -0.435. The second-order valence-electron chi connectivity index (χ2n) is 9.16. The molecule has 1 aromatic heterocycles. The van der Waals surface area contributed by atoms with Gasteiger partial charge in [-0.1, -0.05) is 30.3 Å². The third-order valence-corrected chi connectivity index (χ3v) is 6.77. The average molecular weight is 512 g/mol. The van der Waals surface area contributed by atoms with Crippen LogP contribution >= 0.6 is 0 Å². The Hall–Kier alpha value is -3.75. The van der Waals surface area contributed by atoms with E-state index in [-0.39, 0.29) is 23.1 Å². The highest BCUT2D eigenvalue weighted by atomic mass is 19.4. The van der Waals surface area contributed by atoms with E-state index in [1.54, 1.807) is 19.2 Å². The van der Waals surface area contributed by atoms with Crippen LogP contribution in [0.5, 0.6) is 5.75 Å². The number of rotatable bonds is 8. The molecule has 1 fully saturated rings. The lowest BCUT2D eigenvalue weighted by atomic mass is 9.77. The molecular formula is C28H28F3N3O3. The normalized spacial score (nSPS) is 17.7. The number of carbonyl (C=O) groups excluding carboxylic acids is 2. The lowest BCUT2D eigenvalue weighted by Gasteiger charge is -2.27. The zero-order valence-electron chi connectivity index (χ0n) is 20.4. The lowest BCUT2D eigenvalue weighted by Crippen LogP contribution is -2.27. The van der Waals surface area contributed by atoms with Crippen LogP contribution in [0.15, 0.2) is 60.7 Å². The van der Waals surface area contributed by atoms with Crippen LogP contribution in [0.1, 0.15) is 69.3 Å². The summed E-state index contributed by atoms with van der Waals surface area (Å²) in [5.41, 5.74) is 0.818. The maximum Gasteiger partial charge on any atom is 0.417 e. The van der Waals surface area contributed by atoms with Crippen LogP contribution < -0.4 is 10.1 Å².